The van der Waals surface area contributed by atoms with Crippen molar-refractivity contribution in [2.45, 2.75) is 25.0 Å². The van der Waals surface area contributed by atoms with Crippen molar-refractivity contribution >= 4 is 10.9 Å². The SMILES string of the molecule is OC(c1ccc2ncccc2c1)c1cncn1C1CC1. The summed E-state index contributed by atoms with van der Waals surface area (Å²) < 4.78 is 2.10. The minimum Gasteiger partial charge on any atom is -0.382 e. The molecule has 0 saturated heterocycles. The fraction of sp³-hybridized carbons (Fsp3) is 0.250. The van der Waals surface area contributed by atoms with Crippen molar-refractivity contribution in [1.29, 1.82) is 0 Å². The normalized spacial score (nSPS) is 16.4. The van der Waals surface area contributed by atoms with E-state index in [9.17, 15) is 5.11 Å². The summed E-state index contributed by atoms with van der Waals surface area (Å²) in [5, 5.41) is 11.7. The maximum atomic E-state index is 10.6. The van der Waals surface area contributed by atoms with Crippen LogP contribution in [0.3, 0.4) is 0 Å². The lowest BCUT2D eigenvalue weighted by atomic mass is 10.0. The predicted octanol–water partition coefficient (Wildman–Crippen LogP) is 2.85. The van der Waals surface area contributed by atoms with Crippen molar-refractivity contribution in [3.63, 3.8) is 0 Å². The summed E-state index contributed by atoms with van der Waals surface area (Å²) in [6, 6.07) is 10.3. The minimum atomic E-state index is -0.636. The van der Waals surface area contributed by atoms with Crippen molar-refractivity contribution in [2.75, 3.05) is 0 Å². The van der Waals surface area contributed by atoms with Gasteiger partial charge in [0.1, 0.15) is 6.10 Å². The first-order valence-corrected chi connectivity index (χ1v) is 6.87. The molecular weight excluding hydrogens is 250 g/mol. The van der Waals surface area contributed by atoms with Crippen molar-refractivity contribution < 1.29 is 5.11 Å². The van der Waals surface area contributed by atoms with Gasteiger partial charge in [-0.2, -0.15) is 0 Å². The van der Waals surface area contributed by atoms with E-state index in [0.717, 1.165) is 22.2 Å². The van der Waals surface area contributed by atoms with E-state index in [2.05, 4.69) is 14.5 Å². The van der Waals surface area contributed by atoms with Crippen LogP contribution in [0, 0.1) is 0 Å². The Morgan fingerprint density at radius 1 is 1.25 bits per heavy atom. The van der Waals surface area contributed by atoms with E-state index in [1.807, 2.05) is 36.7 Å². The van der Waals surface area contributed by atoms with E-state index in [1.165, 1.54) is 12.8 Å². The summed E-state index contributed by atoms with van der Waals surface area (Å²) in [5.74, 6) is 0. The molecule has 0 spiro atoms. The van der Waals surface area contributed by atoms with Crippen molar-refractivity contribution in [3.05, 3.63) is 60.3 Å². The molecule has 2 heterocycles. The molecule has 1 saturated carbocycles. The lowest BCUT2D eigenvalue weighted by Gasteiger charge is -2.14. The molecule has 0 bridgehead atoms. The molecule has 4 rings (SSSR count). The molecule has 4 nitrogen and oxygen atoms in total. The number of nitrogens with zero attached hydrogens (tertiary/aromatic N) is 3. The zero-order valence-electron chi connectivity index (χ0n) is 11.0. The molecule has 1 aromatic carbocycles. The quantitative estimate of drug-likeness (QED) is 0.792. The van der Waals surface area contributed by atoms with Crippen LogP contribution in [0.2, 0.25) is 0 Å². The number of fused-ring (bicyclic) bond motifs is 1. The Hall–Kier alpha value is -2.20. The van der Waals surface area contributed by atoms with Crippen LogP contribution in [-0.2, 0) is 0 Å². The summed E-state index contributed by atoms with van der Waals surface area (Å²) in [6.07, 6.45) is 7.08. The number of hydrogen-bond acceptors (Lipinski definition) is 3. The van der Waals surface area contributed by atoms with Gasteiger partial charge in [-0.1, -0.05) is 12.1 Å². The standard InChI is InChI=1S/C16H15N3O/c20-16(15-9-17-10-19(15)13-4-5-13)12-3-6-14-11(8-12)2-1-7-18-14/h1-3,6-10,13,16,20H,4-5H2. The zero-order chi connectivity index (χ0) is 13.5. The first kappa shape index (κ1) is 11.6. The smallest absolute Gasteiger partial charge is 0.121 e. The molecule has 2 aromatic heterocycles. The van der Waals surface area contributed by atoms with E-state index in [0.29, 0.717) is 6.04 Å². The maximum Gasteiger partial charge on any atom is 0.121 e. The van der Waals surface area contributed by atoms with Gasteiger partial charge in [-0.05, 0) is 36.6 Å². The summed E-state index contributed by atoms with van der Waals surface area (Å²) >= 11 is 0. The third-order valence-electron chi connectivity index (χ3n) is 3.86. The molecule has 0 radical (unpaired) electrons. The average molecular weight is 265 g/mol. The molecular formula is C16H15N3O. The molecule has 0 amide bonds. The maximum absolute atomic E-state index is 10.6. The highest BCUT2D eigenvalue weighted by molar-refractivity contribution is 5.79. The van der Waals surface area contributed by atoms with E-state index < -0.39 is 6.10 Å². The average Bonchev–Trinajstić information content (AvgIpc) is 3.23. The topological polar surface area (TPSA) is 50.9 Å². The van der Waals surface area contributed by atoms with Crippen molar-refractivity contribution in [1.82, 2.24) is 14.5 Å². The van der Waals surface area contributed by atoms with Gasteiger partial charge in [-0.3, -0.25) is 4.98 Å². The molecule has 1 aliphatic rings. The second-order valence-electron chi connectivity index (χ2n) is 5.32. The lowest BCUT2D eigenvalue weighted by Crippen LogP contribution is -2.07. The van der Waals surface area contributed by atoms with Crippen LogP contribution >= 0.6 is 0 Å². The van der Waals surface area contributed by atoms with Gasteiger partial charge in [-0.15, -0.1) is 0 Å². The Morgan fingerprint density at radius 2 is 2.15 bits per heavy atom. The van der Waals surface area contributed by atoms with Crippen LogP contribution < -0.4 is 0 Å². The van der Waals surface area contributed by atoms with Crippen LogP contribution in [0.25, 0.3) is 10.9 Å². The zero-order valence-corrected chi connectivity index (χ0v) is 11.0. The fourth-order valence-corrected chi connectivity index (χ4v) is 2.62. The van der Waals surface area contributed by atoms with Crippen molar-refractivity contribution in [3.8, 4) is 0 Å². The number of rotatable bonds is 3. The largest absolute Gasteiger partial charge is 0.382 e. The van der Waals surface area contributed by atoms with Gasteiger partial charge in [0.25, 0.3) is 0 Å². The van der Waals surface area contributed by atoms with Gasteiger partial charge >= 0.3 is 0 Å². The summed E-state index contributed by atoms with van der Waals surface area (Å²) in [5.41, 5.74) is 2.70. The molecule has 1 unspecified atom stereocenters. The number of pyridine rings is 1. The van der Waals surface area contributed by atoms with Gasteiger partial charge in [0, 0.05) is 17.6 Å². The van der Waals surface area contributed by atoms with Gasteiger partial charge in [0.2, 0.25) is 0 Å². The Labute approximate surface area is 116 Å². The van der Waals surface area contributed by atoms with Crippen molar-refractivity contribution in [2.24, 2.45) is 0 Å². The second-order valence-corrected chi connectivity index (χ2v) is 5.32. The van der Waals surface area contributed by atoms with E-state index in [-0.39, 0.29) is 0 Å². The first-order chi connectivity index (χ1) is 9.83. The first-order valence-electron chi connectivity index (χ1n) is 6.87. The highest BCUT2D eigenvalue weighted by Gasteiger charge is 2.27. The Balaban J connectivity index is 1.75. The van der Waals surface area contributed by atoms with Gasteiger partial charge in [-0.25, -0.2) is 4.98 Å². The van der Waals surface area contributed by atoms with Crippen LogP contribution in [0.15, 0.2) is 49.1 Å². The molecule has 1 aliphatic carbocycles. The number of aliphatic hydroxyl groups excluding tert-OH is 1. The highest BCUT2D eigenvalue weighted by Crippen LogP contribution is 2.38. The number of aliphatic hydroxyl groups is 1. The molecule has 1 atom stereocenters. The van der Waals surface area contributed by atoms with E-state index >= 15 is 0 Å². The van der Waals surface area contributed by atoms with Crippen LogP contribution in [0.4, 0.5) is 0 Å². The second kappa shape index (κ2) is 4.42. The van der Waals surface area contributed by atoms with Crippen LogP contribution in [-0.4, -0.2) is 19.6 Å². The molecule has 3 aromatic rings. The molecule has 100 valence electrons. The van der Waals surface area contributed by atoms with Gasteiger partial charge < -0.3 is 9.67 Å². The molecule has 0 aliphatic heterocycles. The molecule has 20 heavy (non-hydrogen) atoms. The Bertz CT molecular complexity index is 761. The van der Waals surface area contributed by atoms with E-state index in [1.54, 1.807) is 12.4 Å². The summed E-state index contributed by atoms with van der Waals surface area (Å²) in [7, 11) is 0. The monoisotopic (exact) mass is 265 g/mol. The minimum absolute atomic E-state index is 0.518. The van der Waals surface area contributed by atoms with E-state index in [4.69, 9.17) is 0 Å². The number of imidazole rings is 1. The fourth-order valence-electron chi connectivity index (χ4n) is 2.62. The van der Waals surface area contributed by atoms with Gasteiger partial charge in [0.15, 0.2) is 0 Å². The molecule has 1 N–H and O–H groups in total. The number of aromatic nitrogens is 3. The Kier molecular flexibility index (Phi) is 2.57. The highest BCUT2D eigenvalue weighted by atomic mass is 16.3. The van der Waals surface area contributed by atoms with Crippen LogP contribution in [0.5, 0.6) is 0 Å². The lowest BCUT2D eigenvalue weighted by molar-refractivity contribution is 0.210. The number of benzene rings is 1. The van der Waals surface area contributed by atoms with Gasteiger partial charge in [0.05, 0.1) is 23.7 Å². The summed E-state index contributed by atoms with van der Waals surface area (Å²) in [4.78, 5) is 8.48. The summed E-state index contributed by atoms with van der Waals surface area (Å²) in [6.45, 7) is 0. The molecule has 1 fully saturated rings. The van der Waals surface area contributed by atoms with Crippen LogP contribution in [0.1, 0.15) is 36.2 Å². The Morgan fingerprint density at radius 3 is 3.00 bits per heavy atom. The third-order valence-corrected chi connectivity index (χ3v) is 3.86. The molecule has 4 heteroatoms. The predicted molar refractivity (Wildman–Crippen MR) is 76.3 cm³/mol. The third kappa shape index (κ3) is 1.89. The number of hydrogen-bond donors (Lipinski definition) is 1.